The van der Waals surface area contributed by atoms with Crippen LogP contribution in [0.1, 0.15) is 35.2 Å². The molecule has 5 nitrogen and oxygen atoms in total. The van der Waals surface area contributed by atoms with E-state index in [1.54, 1.807) is 0 Å². The molecule has 0 saturated carbocycles. The smallest absolute Gasteiger partial charge is 0.137 e. The number of nitrogens with one attached hydrogen (secondary N) is 1. The molecule has 0 saturated heterocycles. The molecule has 2 aromatic rings. The van der Waals surface area contributed by atoms with Gasteiger partial charge >= 0.3 is 0 Å². The Morgan fingerprint density at radius 2 is 2.11 bits per heavy atom. The largest absolute Gasteiger partial charge is 0.372 e. The maximum atomic E-state index is 9.10. The van der Waals surface area contributed by atoms with Crippen molar-refractivity contribution in [1.29, 1.82) is 5.26 Å². The molecule has 0 aliphatic heterocycles. The summed E-state index contributed by atoms with van der Waals surface area (Å²) in [4.78, 5) is 0. The topological polar surface area (TPSA) is 74.7 Å². The Morgan fingerprint density at radius 3 is 2.68 bits per heavy atom. The Kier molecular flexibility index (Phi) is 3.86. The number of nitrogens with zero attached hydrogens (tertiary/aromatic N) is 3. The molecule has 0 amide bonds. The van der Waals surface area contributed by atoms with Gasteiger partial charge in [0.25, 0.3) is 0 Å². The highest BCUT2D eigenvalue weighted by Crippen LogP contribution is 2.25. The van der Waals surface area contributed by atoms with Crippen LogP contribution in [0.4, 0.5) is 5.00 Å². The van der Waals surface area contributed by atoms with Gasteiger partial charge in [-0.2, -0.15) is 9.64 Å². The molecular weight excluding hydrogens is 260 g/mol. The molecular formula is C13H16N4OS. The van der Waals surface area contributed by atoms with E-state index in [1.807, 2.05) is 20.8 Å². The van der Waals surface area contributed by atoms with E-state index in [4.69, 9.17) is 9.78 Å². The monoisotopic (exact) mass is 276 g/mol. The first-order valence-corrected chi connectivity index (χ1v) is 6.85. The summed E-state index contributed by atoms with van der Waals surface area (Å²) in [5.41, 5.74) is 3.46. The summed E-state index contributed by atoms with van der Waals surface area (Å²) < 4.78 is 9.35. The van der Waals surface area contributed by atoms with Crippen molar-refractivity contribution in [2.24, 2.45) is 0 Å². The number of aromatic nitrogens is 2. The normalized spacial score (nSPS) is 12.2. The van der Waals surface area contributed by atoms with Crippen LogP contribution < -0.4 is 5.32 Å². The van der Waals surface area contributed by atoms with E-state index in [0.29, 0.717) is 5.56 Å². The average molecular weight is 276 g/mol. The summed E-state index contributed by atoms with van der Waals surface area (Å²) in [6.07, 6.45) is 0.809. The summed E-state index contributed by atoms with van der Waals surface area (Å²) in [5.74, 6) is 0.854. The van der Waals surface area contributed by atoms with Crippen molar-refractivity contribution in [2.45, 2.75) is 40.2 Å². The van der Waals surface area contributed by atoms with Gasteiger partial charge in [0.15, 0.2) is 0 Å². The predicted octanol–water partition coefficient (Wildman–Crippen LogP) is 2.97. The molecule has 2 aromatic heterocycles. The predicted molar refractivity (Wildman–Crippen MR) is 74.3 cm³/mol. The number of nitriles is 1. The highest BCUT2D eigenvalue weighted by atomic mass is 32.1. The second kappa shape index (κ2) is 5.41. The number of rotatable bonds is 4. The summed E-state index contributed by atoms with van der Waals surface area (Å²) in [6, 6.07) is 2.37. The molecule has 1 N–H and O–H groups in total. The lowest BCUT2D eigenvalue weighted by atomic mass is 10.1. The van der Waals surface area contributed by atoms with Gasteiger partial charge in [0.1, 0.15) is 22.4 Å². The third-order valence-electron chi connectivity index (χ3n) is 3.04. The van der Waals surface area contributed by atoms with E-state index in [1.165, 1.54) is 11.5 Å². The lowest BCUT2D eigenvalue weighted by molar-refractivity contribution is 0.392. The highest BCUT2D eigenvalue weighted by Gasteiger charge is 2.16. The van der Waals surface area contributed by atoms with Crippen LogP contribution >= 0.6 is 11.5 Å². The van der Waals surface area contributed by atoms with Crippen molar-refractivity contribution >= 4 is 16.5 Å². The minimum Gasteiger partial charge on any atom is -0.372 e. The first kappa shape index (κ1) is 13.6. The highest BCUT2D eigenvalue weighted by molar-refractivity contribution is 7.10. The molecule has 6 heteroatoms. The van der Waals surface area contributed by atoms with Gasteiger partial charge in [-0.25, -0.2) is 0 Å². The number of hydrogen-bond acceptors (Lipinski definition) is 6. The van der Waals surface area contributed by atoms with Crippen LogP contribution in [0, 0.1) is 32.1 Å². The first-order valence-electron chi connectivity index (χ1n) is 6.07. The van der Waals surface area contributed by atoms with E-state index in [9.17, 15) is 0 Å². The van der Waals surface area contributed by atoms with Gasteiger partial charge in [-0.05, 0) is 45.6 Å². The van der Waals surface area contributed by atoms with E-state index in [-0.39, 0.29) is 6.04 Å². The van der Waals surface area contributed by atoms with Crippen LogP contribution in [0.5, 0.6) is 0 Å². The molecule has 2 rings (SSSR count). The lowest BCUT2D eigenvalue weighted by Crippen LogP contribution is -2.18. The van der Waals surface area contributed by atoms with Gasteiger partial charge in [0.2, 0.25) is 0 Å². The molecule has 0 aliphatic carbocycles. The van der Waals surface area contributed by atoms with E-state index in [0.717, 1.165) is 34.1 Å². The molecule has 1 atom stereocenters. The van der Waals surface area contributed by atoms with E-state index >= 15 is 0 Å². The quantitative estimate of drug-likeness (QED) is 0.929. The Morgan fingerprint density at radius 1 is 1.37 bits per heavy atom. The zero-order chi connectivity index (χ0) is 14.0. The molecule has 0 aromatic carbocycles. The van der Waals surface area contributed by atoms with Crippen LogP contribution in [0.15, 0.2) is 4.52 Å². The van der Waals surface area contributed by atoms with Crippen LogP contribution in [-0.2, 0) is 6.42 Å². The van der Waals surface area contributed by atoms with E-state index in [2.05, 4.69) is 27.8 Å². The maximum Gasteiger partial charge on any atom is 0.137 e. The fraction of sp³-hybridized carbons (Fsp3) is 0.462. The average Bonchev–Trinajstić information content (AvgIpc) is 2.86. The van der Waals surface area contributed by atoms with Gasteiger partial charge in [-0.1, -0.05) is 5.16 Å². The van der Waals surface area contributed by atoms with E-state index < -0.39 is 0 Å². The van der Waals surface area contributed by atoms with Crippen molar-refractivity contribution in [2.75, 3.05) is 5.32 Å². The number of anilines is 1. The van der Waals surface area contributed by atoms with Crippen molar-refractivity contribution in [3.8, 4) is 6.07 Å². The molecule has 19 heavy (non-hydrogen) atoms. The number of aryl methyl sites for hydroxylation is 3. The first-order chi connectivity index (χ1) is 9.02. The van der Waals surface area contributed by atoms with Crippen LogP contribution in [0.25, 0.3) is 0 Å². The van der Waals surface area contributed by atoms with Crippen LogP contribution in [0.2, 0.25) is 0 Å². The Labute approximate surface area is 116 Å². The summed E-state index contributed by atoms with van der Waals surface area (Å²) in [5, 5.41) is 17.2. The molecule has 0 radical (unpaired) electrons. The second-order valence-corrected chi connectivity index (χ2v) is 5.41. The second-order valence-electron chi connectivity index (χ2n) is 4.64. The van der Waals surface area contributed by atoms with Crippen LogP contribution in [-0.4, -0.2) is 15.6 Å². The Bertz CT molecular complexity index is 604. The molecule has 2 heterocycles. The summed E-state index contributed by atoms with van der Waals surface area (Å²) >= 11 is 1.33. The van der Waals surface area contributed by atoms with Gasteiger partial charge in [0.05, 0.1) is 11.4 Å². The third kappa shape index (κ3) is 2.76. The Hall–Kier alpha value is -1.87. The van der Waals surface area contributed by atoms with Crippen LogP contribution in [0.3, 0.4) is 0 Å². The maximum absolute atomic E-state index is 9.10. The summed E-state index contributed by atoms with van der Waals surface area (Å²) in [7, 11) is 0. The van der Waals surface area contributed by atoms with Crippen molar-refractivity contribution in [3.63, 3.8) is 0 Å². The van der Waals surface area contributed by atoms with Gasteiger partial charge in [-0.3, -0.25) is 0 Å². The molecule has 0 spiro atoms. The van der Waals surface area contributed by atoms with Crippen molar-refractivity contribution in [3.05, 3.63) is 28.3 Å². The molecule has 0 bridgehead atoms. The van der Waals surface area contributed by atoms with Crippen molar-refractivity contribution < 1.29 is 4.52 Å². The molecule has 100 valence electrons. The fourth-order valence-corrected chi connectivity index (χ4v) is 2.83. The minimum absolute atomic E-state index is 0.184. The third-order valence-corrected chi connectivity index (χ3v) is 3.91. The van der Waals surface area contributed by atoms with Gasteiger partial charge in [-0.15, -0.1) is 0 Å². The van der Waals surface area contributed by atoms with Crippen molar-refractivity contribution in [1.82, 2.24) is 9.53 Å². The summed E-state index contributed by atoms with van der Waals surface area (Å²) in [6.45, 7) is 7.77. The Balaban J connectivity index is 2.10. The fourth-order valence-electron chi connectivity index (χ4n) is 1.97. The lowest BCUT2D eigenvalue weighted by Gasteiger charge is -2.13. The van der Waals surface area contributed by atoms with Gasteiger partial charge < -0.3 is 9.84 Å². The SMILES string of the molecule is Cc1nsc(NC(C)Cc2c(C)noc2C)c1C#N. The minimum atomic E-state index is 0.184. The number of hydrogen-bond donors (Lipinski definition) is 1. The molecule has 1 unspecified atom stereocenters. The standard InChI is InChI=1S/C13H16N4OS/c1-7(5-11-8(2)16-18-10(11)4)15-13-12(6-14)9(3)17-19-13/h7,15H,5H2,1-4H3. The zero-order valence-corrected chi connectivity index (χ0v) is 12.3. The van der Waals surface area contributed by atoms with Gasteiger partial charge in [0, 0.05) is 11.6 Å². The molecule has 0 aliphatic rings. The molecule has 0 fully saturated rings. The zero-order valence-electron chi connectivity index (χ0n) is 11.4.